The first-order valence-corrected chi connectivity index (χ1v) is 9.07. The van der Waals surface area contributed by atoms with Crippen LogP contribution in [0.3, 0.4) is 0 Å². The zero-order valence-corrected chi connectivity index (χ0v) is 16.6. The Balaban J connectivity index is 1.65. The first-order chi connectivity index (χ1) is 14.1. The molecule has 0 aliphatic carbocycles. The molecule has 0 aliphatic heterocycles. The van der Waals surface area contributed by atoms with Crippen LogP contribution in [0.5, 0.6) is 17.2 Å². The number of methoxy groups -OCH3 is 3. The predicted molar refractivity (Wildman–Crippen MR) is 109 cm³/mol. The highest BCUT2D eigenvalue weighted by Gasteiger charge is 2.13. The maximum Gasteiger partial charge on any atom is 0.261 e. The van der Waals surface area contributed by atoms with Crippen LogP contribution in [0.2, 0.25) is 0 Å². The maximum absolute atomic E-state index is 12.5. The van der Waals surface area contributed by atoms with E-state index in [1.54, 1.807) is 51.7 Å². The Kier molecular flexibility index (Phi) is 6.33. The van der Waals surface area contributed by atoms with Crippen molar-refractivity contribution in [1.82, 2.24) is 14.9 Å². The number of fused-ring (bicyclic) bond motifs is 1. The average molecular weight is 397 g/mol. The molecule has 3 aromatic rings. The Labute approximate surface area is 168 Å². The highest BCUT2D eigenvalue weighted by Crippen LogP contribution is 2.34. The molecule has 3 rings (SSSR count). The third-order valence-electron chi connectivity index (χ3n) is 4.57. The zero-order chi connectivity index (χ0) is 20.8. The Morgan fingerprint density at radius 2 is 1.72 bits per heavy atom. The van der Waals surface area contributed by atoms with Crippen LogP contribution in [0.1, 0.15) is 12.0 Å². The first kappa shape index (κ1) is 20.2. The van der Waals surface area contributed by atoms with Gasteiger partial charge in [0.2, 0.25) is 5.91 Å². The molecule has 29 heavy (non-hydrogen) atoms. The Hall–Kier alpha value is -3.55. The standard InChI is InChI=1S/C21H23N3O5/c1-27-17-11-19(29-3)18(28-2)10-14(17)12-22-20(25)8-9-24-13-23-16-7-5-4-6-15(16)21(24)26/h4-7,10-11,13H,8-9,12H2,1-3H3,(H,22,25). The fraction of sp³-hybridized carbons (Fsp3) is 0.286. The van der Waals surface area contributed by atoms with Crippen molar-refractivity contribution in [3.63, 3.8) is 0 Å². The van der Waals surface area contributed by atoms with Crippen LogP contribution in [-0.2, 0) is 17.9 Å². The van der Waals surface area contributed by atoms with Crippen LogP contribution in [0, 0.1) is 0 Å². The van der Waals surface area contributed by atoms with E-state index >= 15 is 0 Å². The van der Waals surface area contributed by atoms with Gasteiger partial charge in [0.05, 0.1) is 38.6 Å². The number of aromatic nitrogens is 2. The number of para-hydroxylation sites is 1. The molecule has 8 nitrogen and oxygen atoms in total. The number of nitrogens with zero attached hydrogens (tertiary/aromatic N) is 2. The van der Waals surface area contributed by atoms with Gasteiger partial charge in [-0.1, -0.05) is 12.1 Å². The van der Waals surface area contributed by atoms with Crippen molar-refractivity contribution < 1.29 is 19.0 Å². The van der Waals surface area contributed by atoms with Crippen molar-refractivity contribution >= 4 is 16.8 Å². The van der Waals surface area contributed by atoms with Gasteiger partial charge in [0.25, 0.3) is 5.56 Å². The number of carbonyl (C=O) groups excluding carboxylic acids is 1. The second-order valence-corrected chi connectivity index (χ2v) is 6.31. The number of carbonyl (C=O) groups is 1. The number of hydrogen-bond donors (Lipinski definition) is 1. The second kappa shape index (κ2) is 9.09. The molecular weight excluding hydrogens is 374 g/mol. The summed E-state index contributed by atoms with van der Waals surface area (Å²) in [6.07, 6.45) is 1.62. The van der Waals surface area contributed by atoms with Gasteiger partial charge in [-0.3, -0.25) is 14.2 Å². The largest absolute Gasteiger partial charge is 0.496 e. The van der Waals surface area contributed by atoms with Crippen LogP contribution >= 0.6 is 0 Å². The van der Waals surface area contributed by atoms with E-state index in [9.17, 15) is 9.59 Å². The molecule has 0 bridgehead atoms. The lowest BCUT2D eigenvalue weighted by atomic mass is 10.1. The molecular formula is C21H23N3O5. The maximum atomic E-state index is 12.5. The van der Waals surface area contributed by atoms with Crippen molar-refractivity contribution in [3.05, 3.63) is 58.6 Å². The predicted octanol–water partition coefficient (Wildman–Crippen LogP) is 2.13. The van der Waals surface area contributed by atoms with Gasteiger partial charge in [0.1, 0.15) is 5.75 Å². The van der Waals surface area contributed by atoms with Gasteiger partial charge >= 0.3 is 0 Å². The van der Waals surface area contributed by atoms with Crippen molar-refractivity contribution in [3.8, 4) is 17.2 Å². The second-order valence-electron chi connectivity index (χ2n) is 6.31. The summed E-state index contributed by atoms with van der Waals surface area (Å²) in [5.41, 5.74) is 1.23. The Morgan fingerprint density at radius 1 is 1.03 bits per heavy atom. The minimum Gasteiger partial charge on any atom is -0.496 e. The van der Waals surface area contributed by atoms with Crippen molar-refractivity contribution in [2.45, 2.75) is 19.5 Å². The average Bonchev–Trinajstić information content (AvgIpc) is 2.76. The molecule has 1 heterocycles. The van der Waals surface area contributed by atoms with E-state index in [4.69, 9.17) is 14.2 Å². The highest BCUT2D eigenvalue weighted by atomic mass is 16.5. The molecule has 1 N–H and O–H groups in total. The van der Waals surface area contributed by atoms with Gasteiger partial charge in [0.15, 0.2) is 11.5 Å². The molecule has 1 aromatic heterocycles. The number of nitrogens with one attached hydrogen (secondary N) is 1. The summed E-state index contributed by atoms with van der Waals surface area (Å²) in [5, 5.41) is 3.37. The molecule has 152 valence electrons. The van der Waals surface area contributed by atoms with Crippen LogP contribution in [0.4, 0.5) is 0 Å². The summed E-state index contributed by atoms with van der Waals surface area (Å²) in [4.78, 5) is 29.0. The minimum absolute atomic E-state index is 0.148. The molecule has 0 fully saturated rings. The van der Waals surface area contributed by atoms with E-state index in [0.717, 1.165) is 5.56 Å². The monoisotopic (exact) mass is 397 g/mol. The first-order valence-electron chi connectivity index (χ1n) is 9.07. The summed E-state index contributed by atoms with van der Waals surface area (Å²) in [5.74, 6) is 1.48. The molecule has 0 saturated carbocycles. The number of ether oxygens (including phenoxy) is 3. The third kappa shape index (κ3) is 4.48. The van der Waals surface area contributed by atoms with Crippen LogP contribution < -0.4 is 25.1 Å². The van der Waals surface area contributed by atoms with E-state index in [1.165, 1.54) is 10.9 Å². The van der Waals surface area contributed by atoms with Gasteiger partial charge in [0, 0.05) is 31.1 Å². The molecule has 1 amide bonds. The van der Waals surface area contributed by atoms with Gasteiger partial charge in [-0.15, -0.1) is 0 Å². The lowest BCUT2D eigenvalue weighted by molar-refractivity contribution is -0.121. The summed E-state index contributed by atoms with van der Waals surface area (Å²) < 4.78 is 17.4. The highest BCUT2D eigenvalue weighted by molar-refractivity contribution is 5.77. The van der Waals surface area contributed by atoms with E-state index in [0.29, 0.717) is 28.2 Å². The number of aryl methyl sites for hydroxylation is 1. The third-order valence-corrected chi connectivity index (χ3v) is 4.57. The van der Waals surface area contributed by atoms with Crippen LogP contribution in [-0.4, -0.2) is 36.8 Å². The normalized spacial score (nSPS) is 10.6. The molecule has 8 heteroatoms. The SMILES string of the molecule is COc1cc(OC)c(OC)cc1CNC(=O)CCn1cnc2ccccc2c1=O. The van der Waals surface area contributed by atoms with E-state index in [-0.39, 0.29) is 31.0 Å². The number of amides is 1. The van der Waals surface area contributed by atoms with Crippen molar-refractivity contribution in [2.24, 2.45) is 0 Å². The topological polar surface area (TPSA) is 91.7 Å². The van der Waals surface area contributed by atoms with Crippen molar-refractivity contribution in [1.29, 1.82) is 0 Å². The quantitative estimate of drug-likeness (QED) is 0.626. The van der Waals surface area contributed by atoms with Gasteiger partial charge < -0.3 is 19.5 Å². The molecule has 0 radical (unpaired) electrons. The number of hydrogen-bond acceptors (Lipinski definition) is 6. The Bertz CT molecular complexity index is 1080. The van der Waals surface area contributed by atoms with Gasteiger partial charge in [-0.25, -0.2) is 4.98 Å². The minimum atomic E-state index is -0.193. The summed E-state index contributed by atoms with van der Waals surface area (Å²) in [7, 11) is 4.63. The van der Waals surface area contributed by atoms with Gasteiger partial charge in [-0.05, 0) is 18.2 Å². The van der Waals surface area contributed by atoms with E-state index < -0.39 is 0 Å². The van der Waals surface area contributed by atoms with E-state index in [2.05, 4.69) is 10.3 Å². The molecule has 0 saturated heterocycles. The fourth-order valence-electron chi connectivity index (χ4n) is 3.00. The lowest BCUT2D eigenvalue weighted by Crippen LogP contribution is -2.27. The molecule has 0 unspecified atom stereocenters. The molecule has 0 atom stereocenters. The van der Waals surface area contributed by atoms with Gasteiger partial charge in [-0.2, -0.15) is 0 Å². The van der Waals surface area contributed by atoms with Crippen molar-refractivity contribution in [2.75, 3.05) is 21.3 Å². The number of rotatable bonds is 8. The lowest BCUT2D eigenvalue weighted by Gasteiger charge is -2.14. The molecule has 2 aromatic carbocycles. The summed E-state index contributed by atoms with van der Waals surface area (Å²) in [6, 6.07) is 10.6. The van der Waals surface area contributed by atoms with E-state index in [1.807, 2.05) is 6.07 Å². The van der Waals surface area contributed by atoms with Crippen LogP contribution in [0.25, 0.3) is 10.9 Å². The Morgan fingerprint density at radius 3 is 2.45 bits per heavy atom. The summed E-state index contributed by atoms with van der Waals surface area (Å²) >= 11 is 0. The summed E-state index contributed by atoms with van der Waals surface area (Å²) in [6.45, 7) is 0.499. The fourth-order valence-corrected chi connectivity index (χ4v) is 3.00. The molecule has 0 spiro atoms. The smallest absolute Gasteiger partial charge is 0.261 e. The number of benzene rings is 2. The van der Waals surface area contributed by atoms with Crippen LogP contribution in [0.15, 0.2) is 47.5 Å². The zero-order valence-electron chi connectivity index (χ0n) is 16.6. The molecule has 0 aliphatic rings.